The Morgan fingerprint density at radius 2 is 1.96 bits per heavy atom. The van der Waals surface area contributed by atoms with Gasteiger partial charge in [-0.3, -0.25) is 10.1 Å². The van der Waals surface area contributed by atoms with Crippen LogP contribution in [0.4, 0.5) is 5.13 Å². The predicted molar refractivity (Wildman–Crippen MR) is 110 cm³/mol. The molecule has 0 bridgehead atoms. The van der Waals surface area contributed by atoms with Crippen LogP contribution in [0.25, 0.3) is 11.3 Å². The Kier molecular flexibility index (Phi) is 5.09. The molecule has 1 aliphatic carbocycles. The summed E-state index contributed by atoms with van der Waals surface area (Å²) < 4.78 is 0. The number of carbonyl (C=O) groups excluding carboxylic acids is 1. The molecule has 26 heavy (non-hydrogen) atoms. The second kappa shape index (κ2) is 7.64. The van der Waals surface area contributed by atoms with E-state index in [0.717, 1.165) is 22.6 Å². The third-order valence-corrected chi connectivity index (χ3v) is 6.18. The molecule has 0 spiro atoms. The van der Waals surface area contributed by atoms with Crippen molar-refractivity contribution in [1.82, 2.24) is 4.98 Å². The van der Waals surface area contributed by atoms with E-state index in [1.807, 2.05) is 35.9 Å². The minimum absolute atomic E-state index is 0.118. The second-order valence-corrected chi connectivity index (χ2v) is 8.15. The molecule has 1 heterocycles. The van der Waals surface area contributed by atoms with E-state index in [-0.39, 0.29) is 5.91 Å². The van der Waals surface area contributed by atoms with Crippen molar-refractivity contribution in [2.24, 2.45) is 0 Å². The average Bonchev–Trinajstić information content (AvgIpc) is 3.16. The monoisotopic (exact) mass is 380 g/mol. The standard InChI is InChI=1S/C21H20N2OS2/c1-25-18-8-4-7-17(12-18)20(24)23-21-22-19(13-26-21)16-10-9-14-5-2-3-6-15(14)11-16/h4,7-13H,2-3,5-6H2,1H3,(H,22,23,24). The zero-order valence-corrected chi connectivity index (χ0v) is 16.3. The van der Waals surface area contributed by atoms with Crippen molar-refractivity contribution < 1.29 is 4.79 Å². The van der Waals surface area contributed by atoms with Crippen LogP contribution in [-0.4, -0.2) is 17.1 Å². The summed E-state index contributed by atoms with van der Waals surface area (Å²) in [6.07, 6.45) is 6.90. The zero-order chi connectivity index (χ0) is 17.9. The van der Waals surface area contributed by atoms with Crippen molar-refractivity contribution in [3.8, 4) is 11.3 Å². The van der Waals surface area contributed by atoms with Crippen LogP contribution in [-0.2, 0) is 12.8 Å². The van der Waals surface area contributed by atoms with Crippen molar-refractivity contribution in [3.05, 3.63) is 64.5 Å². The number of thiazole rings is 1. The summed E-state index contributed by atoms with van der Waals surface area (Å²) in [7, 11) is 0. The Labute approximate surface area is 161 Å². The maximum absolute atomic E-state index is 12.5. The van der Waals surface area contributed by atoms with Crippen molar-refractivity contribution in [1.29, 1.82) is 0 Å². The van der Waals surface area contributed by atoms with Crippen LogP contribution in [0.15, 0.2) is 52.7 Å². The smallest absolute Gasteiger partial charge is 0.257 e. The normalized spacial score (nSPS) is 13.3. The predicted octanol–water partition coefficient (Wildman–Crippen LogP) is 5.66. The van der Waals surface area contributed by atoms with Gasteiger partial charge in [-0.1, -0.05) is 18.2 Å². The fourth-order valence-electron chi connectivity index (χ4n) is 3.29. The number of hydrogen-bond acceptors (Lipinski definition) is 4. The van der Waals surface area contributed by atoms with E-state index in [4.69, 9.17) is 0 Å². The zero-order valence-electron chi connectivity index (χ0n) is 14.6. The van der Waals surface area contributed by atoms with E-state index in [1.54, 1.807) is 11.8 Å². The fraction of sp³-hybridized carbons (Fsp3) is 0.238. The largest absolute Gasteiger partial charge is 0.298 e. The Hall–Kier alpha value is -2.11. The number of carbonyl (C=O) groups is 1. The van der Waals surface area contributed by atoms with E-state index in [2.05, 4.69) is 28.5 Å². The summed E-state index contributed by atoms with van der Waals surface area (Å²) in [6, 6.07) is 14.3. The van der Waals surface area contributed by atoms with Crippen molar-refractivity contribution >= 4 is 34.1 Å². The average molecular weight is 381 g/mol. The Morgan fingerprint density at radius 1 is 1.12 bits per heavy atom. The highest BCUT2D eigenvalue weighted by Gasteiger charge is 2.13. The molecule has 0 saturated heterocycles. The van der Waals surface area contributed by atoms with Gasteiger partial charge in [-0.25, -0.2) is 4.98 Å². The number of thioether (sulfide) groups is 1. The van der Waals surface area contributed by atoms with Gasteiger partial charge in [0.05, 0.1) is 5.69 Å². The van der Waals surface area contributed by atoms with E-state index in [9.17, 15) is 4.79 Å². The molecule has 0 radical (unpaired) electrons. The molecule has 4 rings (SSSR count). The number of aryl methyl sites for hydroxylation is 2. The van der Waals surface area contributed by atoms with Crippen LogP contribution >= 0.6 is 23.1 Å². The van der Waals surface area contributed by atoms with E-state index in [1.165, 1.54) is 41.7 Å². The van der Waals surface area contributed by atoms with Gasteiger partial charge in [0.2, 0.25) is 0 Å². The van der Waals surface area contributed by atoms with Crippen LogP contribution in [0.2, 0.25) is 0 Å². The van der Waals surface area contributed by atoms with Gasteiger partial charge >= 0.3 is 0 Å². The maximum atomic E-state index is 12.5. The quantitative estimate of drug-likeness (QED) is 0.594. The lowest BCUT2D eigenvalue weighted by Gasteiger charge is -2.16. The van der Waals surface area contributed by atoms with Crippen molar-refractivity contribution in [3.63, 3.8) is 0 Å². The molecule has 0 unspecified atom stereocenters. The number of benzene rings is 2. The van der Waals surface area contributed by atoms with E-state index in [0.29, 0.717) is 10.7 Å². The Bertz CT molecular complexity index is 949. The molecule has 3 aromatic rings. The first kappa shape index (κ1) is 17.3. The molecule has 3 nitrogen and oxygen atoms in total. The van der Waals surface area contributed by atoms with Gasteiger partial charge in [0, 0.05) is 21.4 Å². The number of rotatable bonds is 4. The minimum Gasteiger partial charge on any atom is -0.298 e. The first-order valence-corrected chi connectivity index (χ1v) is 10.9. The van der Waals surface area contributed by atoms with Gasteiger partial charge in [-0.15, -0.1) is 23.1 Å². The number of nitrogens with zero attached hydrogens (tertiary/aromatic N) is 1. The minimum atomic E-state index is -0.118. The highest BCUT2D eigenvalue weighted by Crippen LogP contribution is 2.30. The van der Waals surface area contributed by atoms with Gasteiger partial charge in [0.25, 0.3) is 5.91 Å². The number of aromatic nitrogens is 1. The fourth-order valence-corrected chi connectivity index (χ4v) is 4.46. The maximum Gasteiger partial charge on any atom is 0.257 e. The van der Waals surface area contributed by atoms with Crippen molar-refractivity contribution in [2.45, 2.75) is 30.6 Å². The summed E-state index contributed by atoms with van der Waals surface area (Å²) >= 11 is 3.09. The second-order valence-electron chi connectivity index (χ2n) is 6.41. The number of fused-ring (bicyclic) bond motifs is 1. The van der Waals surface area contributed by atoms with Gasteiger partial charge in [-0.05, 0) is 67.3 Å². The summed E-state index contributed by atoms with van der Waals surface area (Å²) in [5.41, 5.74) is 5.63. The number of amides is 1. The molecule has 0 fully saturated rings. The number of hydrogen-bond donors (Lipinski definition) is 1. The summed E-state index contributed by atoms with van der Waals surface area (Å²) in [5.74, 6) is -0.118. The Morgan fingerprint density at radius 3 is 2.81 bits per heavy atom. The molecule has 1 N–H and O–H groups in total. The van der Waals surface area contributed by atoms with Gasteiger partial charge in [0.1, 0.15) is 0 Å². The van der Waals surface area contributed by atoms with Crippen LogP contribution < -0.4 is 5.32 Å². The van der Waals surface area contributed by atoms with Gasteiger partial charge < -0.3 is 0 Å². The first-order chi connectivity index (χ1) is 12.7. The summed E-state index contributed by atoms with van der Waals surface area (Å²) in [5, 5.41) is 5.57. The molecule has 0 atom stereocenters. The van der Waals surface area contributed by atoms with Crippen molar-refractivity contribution in [2.75, 3.05) is 11.6 Å². The first-order valence-electron chi connectivity index (χ1n) is 8.76. The van der Waals surface area contributed by atoms with Crippen LogP contribution in [0.3, 0.4) is 0 Å². The third-order valence-electron chi connectivity index (χ3n) is 4.70. The number of anilines is 1. The molecule has 5 heteroatoms. The van der Waals surface area contributed by atoms with E-state index >= 15 is 0 Å². The molecule has 1 aromatic heterocycles. The molecular formula is C21H20N2OS2. The SMILES string of the molecule is CSc1cccc(C(=O)Nc2nc(-c3ccc4c(c3)CCCC4)cs2)c1. The summed E-state index contributed by atoms with van der Waals surface area (Å²) in [6.45, 7) is 0. The summed E-state index contributed by atoms with van der Waals surface area (Å²) in [4.78, 5) is 18.2. The molecule has 1 amide bonds. The van der Waals surface area contributed by atoms with Crippen LogP contribution in [0.1, 0.15) is 34.3 Å². The molecular weight excluding hydrogens is 360 g/mol. The molecule has 1 aliphatic rings. The lowest BCUT2D eigenvalue weighted by atomic mass is 9.90. The lowest BCUT2D eigenvalue weighted by Crippen LogP contribution is -2.11. The Balaban J connectivity index is 1.52. The highest BCUT2D eigenvalue weighted by atomic mass is 32.2. The molecule has 0 aliphatic heterocycles. The number of nitrogens with one attached hydrogen (secondary N) is 1. The molecule has 2 aromatic carbocycles. The van der Waals surface area contributed by atoms with Gasteiger partial charge in [-0.2, -0.15) is 0 Å². The van der Waals surface area contributed by atoms with Gasteiger partial charge in [0.15, 0.2) is 5.13 Å². The van der Waals surface area contributed by atoms with Crippen LogP contribution in [0.5, 0.6) is 0 Å². The third kappa shape index (κ3) is 3.69. The topological polar surface area (TPSA) is 42.0 Å². The van der Waals surface area contributed by atoms with E-state index < -0.39 is 0 Å². The lowest BCUT2D eigenvalue weighted by molar-refractivity contribution is 0.102. The molecule has 132 valence electrons. The molecule has 0 saturated carbocycles. The highest BCUT2D eigenvalue weighted by molar-refractivity contribution is 7.98. The van der Waals surface area contributed by atoms with Crippen LogP contribution in [0, 0.1) is 0 Å².